The standard InChI is InChI=1S/C8H13N3O2S/c1-5(3-13-2)10-7(12)6-4-14-8(9)11-6/h4-5H,3H2,1-2H3,(H2,9,11)(H,10,12). The van der Waals surface area contributed by atoms with E-state index in [1.807, 2.05) is 6.92 Å². The van der Waals surface area contributed by atoms with E-state index in [1.165, 1.54) is 11.3 Å². The van der Waals surface area contributed by atoms with Gasteiger partial charge in [-0.3, -0.25) is 4.79 Å². The zero-order valence-corrected chi connectivity index (χ0v) is 8.93. The molecule has 1 heterocycles. The van der Waals surface area contributed by atoms with Gasteiger partial charge in [-0.05, 0) is 6.92 Å². The quantitative estimate of drug-likeness (QED) is 0.766. The highest BCUT2D eigenvalue weighted by molar-refractivity contribution is 7.13. The largest absolute Gasteiger partial charge is 0.383 e. The van der Waals surface area contributed by atoms with Gasteiger partial charge < -0.3 is 15.8 Å². The average molecular weight is 215 g/mol. The lowest BCUT2D eigenvalue weighted by Gasteiger charge is -2.10. The van der Waals surface area contributed by atoms with Crippen molar-refractivity contribution in [3.63, 3.8) is 0 Å². The normalized spacial score (nSPS) is 12.4. The maximum Gasteiger partial charge on any atom is 0.271 e. The molecule has 0 saturated carbocycles. The molecule has 1 amide bonds. The van der Waals surface area contributed by atoms with E-state index in [2.05, 4.69) is 10.3 Å². The summed E-state index contributed by atoms with van der Waals surface area (Å²) in [6, 6.07) is -0.0320. The molecule has 0 radical (unpaired) electrons. The van der Waals surface area contributed by atoms with E-state index in [0.29, 0.717) is 17.4 Å². The molecule has 0 aromatic carbocycles. The van der Waals surface area contributed by atoms with E-state index in [9.17, 15) is 4.79 Å². The Hall–Kier alpha value is -1.14. The van der Waals surface area contributed by atoms with Crippen LogP contribution in [0.15, 0.2) is 5.38 Å². The number of methoxy groups -OCH3 is 1. The first-order chi connectivity index (χ1) is 6.63. The number of nitrogens with one attached hydrogen (secondary N) is 1. The number of amides is 1. The summed E-state index contributed by atoms with van der Waals surface area (Å²) < 4.78 is 4.89. The molecule has 3 N–H and O–H groups in total. The smallest absolute Gasteiger partial charge is 0.271 e. The van der Waals surface area contributed by atoms with Crippen LogP contribution in [0.5, 0.6) is 0 Å². The topological polar surface area (TPSA) is 77.2 Å². The number of ether oxygens (including phenoxy) is 1. The Morgan fingerprint density at radius 2 is 2.57 bits per heavy atom. The molecule has 78 valence electrons. The third-order valence-corrected chi connectivity index (χ3v) is 2.22. The first-order valence-electron chi connectivity index (χ1n) is 4.14. The SMILES string of the molecule is COCC(C)NC(=O)c1csc(N)n1. The van der Waals surface area contributed by atoms with Crippen molar-refractivity contribution in [3.8, 4) is 0 Å². The van der Waals surface area contributed by atoms with Crippen LogP contribution in [-0.4, -0.2) is 30.6 Å². The minimum Gasteiger partial charge on any atom is -0.383 e. The summed E-state index contributed by atoms with van der Waals surface area (Å²) in [7, 11) is 1.59. The lowest BCUT2D eigenvalue weighted by Crippen LogP contribution is -2.35. The number of rotatable bonds is 4. The second kappa shape index (κ2) is 4.92. The van der Waals surface area contributed by atoms with Gasteiger partial charge in [-0.25, -0.2) is 4.98 Å². The number of aromatic nitrogens is 1. The summed E-state index contributed by atoms with van der Waals surface area (Å²) in [5, 5.41) is 4.76. The molecular weight excluding hydrogens is 202 g/mol. The monoisotopic (exact) mass is 215 g/mol. The Balaban J connectivity index is 2.50. The van der Waals surface area contributed by atoms with Crippen LogP contribution >= 0.6 is 11.3 Å². The first kappa shape index (κ1) is 10.9. The van der Waals surface area contributed by atoms with Gasteiger partial charge in [0.05, 0.1) is 6.61 Å². The number of nitrogens with two attached hydrogens (primary N) is 1. The highest BCUT2D eigenvalue weighted by Crippen LogP contribution is 2.10. The molecular formula is C8H13N3O2S. The van der Waals surface area contributed by atoms with E-state index in [1.54, 1.807) is 12.5 Å². The number of nitrogens with zero attached hydrogens (tertiary/aromatic N) is 1. The molecule has 0 aliphatic rings. The van der Waals surface area contributed by atoms with Crippen molar-refractivity contribution in [3.05, 3.63) is 11.1 Å². The molecule has 1 unspecified atom stereocenters. The van der Waals surface area contributed by atoms with Crippen LogP contribution in [0.4, 0.5) is 5.13 Å². The second-order valence-corrected chi connectivity index (χ2v) is 3.79. The Morgan fingerprint density at radius 3 is 3.07 bits per heavy atom. The summed E-state index contributed by atoms with van der Waals surface area (Å²) in [6.07, 6.45) is 0. The summed E-state index contributed by atoms with van der Waals surface area (Å²) in [5.74, 6) is -0.220. The second-order valence-electron chi connectivity index (χ2n) is 2.90. The van der Waals surface area contributed by atoms with Crippen LogP contribution in [-0.2, 0) is 4.74 Å². The van der Waals surface area contributed by atoms with Gasteiger partial charge in [-0.15, -0.1) is 11.3 Å². The molecule has 0 saturated heterocycles. The van der Waals surface area contributed by atoms with Crippen LogP contribution in [0, 0.1) is 0 Å². The number of nitrogen functional groups attached to an aromatic ring is 1. The summed E-state index contributed by atoms with van der Waals surface area (Å²) in [4.78, 5) is 15.3. The Bertz CT molecular complexity index is 313. The summed E-state index contributed by atoms with van der Waals surface area (Å²) in [5.41, 5.74) is 5.77. The van der Waals surface area contributed by atoms with E-state index in [4.69, 9.17) is 10.5 Å². The Labute approximate surface area is 86.3 Å². The van der Waals surface area contributed by atoms with Crippen molar-refractivity contribution in [2.75, 3.05) is 19.5 Å². The molecule has 1 aromatic heterocycles. The summed E-state index contributed by atoms with van der Waals surface area (Å²) in [6.45, 7) is 2.34. The zero-order valence-electron chi connectivity index (χ0n) is 8.11. The first-order valence-corrected chi connectivity index (χ1v) is 5.02. The Kier molecular flexibility index (Phi) is 3.84. The van der Waals surface area contributed by atoms with Gasteiger partial charge in [0.2, 0.25) is 0 Å². The minimum atomic E-state index is -0.220. The molecule has 0 spiro atoms. The fourth-order valence-corrected chi connectivity index (χ4v) is 1.52. The maximum atomic E-state index is 11.5. The van der Waals surface area contributed by atoms with Crippen molar-refractivity contribution in [1.29, 1.82) is 0 Å². The number of carbonyl (C=O) groups is 1. The van der Waals surface area contributed by atoms with Crippen molar-refractivity contribution in [2.45, 2.75) is 13.0 Å². The van der Waals surface area contributed by atoms with Gasteiger partial charge in [0.25, 0.3) is 5.91 Å². The van der Waals surface area contributed by atoms with Crippen molar-refractivity contribution in [2.24, 2.45) is 0 Å². The fraction of sp³-hybridized carbons (Fsp3) is 0.500. The molecule has 6 heteroatoms. The predicted molar refractivity (Wildman–Crippen MR) is 55.3 cm³/mol. The lowest BCUT2D eigenvalue weighted by atomic mass is 10.3. The van der Waals surface area contributed by atoms with Crippen LogP contribution in [0.3, 0.4) is 0 Å². The highest BCUT2D eigenvalue weighted by atomic mass is 32.1. The van der Waals surface area contributed by atoms with Crippen LogP contribution in [0.2, 0.25) is 0 Å². The lowest BCUT2D eigenvalue weighted by molar-refractivity contribution is 0.0901. The van der Waals surface area contributed by atoms with Crippen molar-refractivity contribution >= 4 is 22.4 Å². The molecule has 0 aliphatic heterocycles. The maximum absolute atomic E-state index is 11.5. The third-order valence-electron chi connectivity index (χ3n) is 1.55. The Morgan fingerprint density at radius 1 is 1.86 bits per heavy atom. The van der Waals surface area contributed by atoms with Crippen LogP contribution < -0.4 is 11.1 Å². The number of thiazole rings is 1. The minimum absolute atomic E-state index is 0.0320. The van der Waals surface area contributed by atoms with Gasteiger partial charge in [0.15, 0.2) is 5.13 Å². The molecule has 0 bridgehead atoms. The zero-order chi connectivity index (χ0) is 10.6. The molecule has 1 atom stereocenters. The van der Waals surface area contributed by atoms with Gasteiger partial charge in [0, 0.05) is 18.5 Å². The number of hydrogen-bond acceptors (Lipinski definition) is 5. The molecule has 0 fully saturated rings. The predicted octanol–water partition coefficient (Wildman–Crippen LogP) is 0.490. The number of carbonyl (C=O) groups excluding carboxylic acids is 1. The van der Waals surface area contributed by atoms with Gasteiger partial charge in [0.1, 0.15) is 5.69 Å². The van der Waals surface area contributed by atoms with E-state index in [0.717, 1.165) is 0 Å². The van der Waals surface area contributed by atoms with E-state index in [-0.39, 0.29) is 11.9 Å². The molecule has 14 heavy (non-hydrogen) atoms. The van der Waals surface area contributed by atoms with Crippen molar-refractivity contribution < 1.29 is 9.53 Å². The molecule has 1 rings (SSSR count). The van der Waals surface area contributed by atoms with Gasteiger partial charge >= 0.3 is 0 Å². The fourth-order valence-electron chi connectivity index (χ4n) is 0.981. The van der Waals surface area contributed by atoms with Crippen LogP contribution in [0.1, 0.15) is 17.4 Å². The third kappa shape index (κ3) is 2.97. The highest BCUT2D eigenvalue weighted by Gasteiger charge is 2.11. The number of hydrogen-bond donors (Lipinski definition) is 2. The van der Waals surface area contributed by atoms with Crippen LogP contribution in [0.25, 0.3) is 0 Å². The van der Waals surface area contributed by atoms with E-state index >= 15 is 0 Å². The summed E-state index contributed by atoms with van der Waals surface area (Å²) >= 11 is 1.25. The molecule has 1 aromatic rings. The van der Waals surface area contributed by atoms with Gasteiger partial charge in [-0.2, -0.15) is 0 Å². The average Bonchev–Trinajstić information content (AvgIpc) is 2.52. The van der Waals surface area contributed by atoms with Gasteiger partial charge in [-0.1, -0.05) is 0 Å². The molecule has 0 aliphatic carbocycles. The molecule has 5 nitrogen and oxygen atoms in total. The number of anilines is 1. The van der Waals surface area contributed by atoms with Crippen molar-refractivity contribution in [1.82, 2.24) is 10.3 Å². The van der Waals surface area contributed by atoms with E-state index < -0.39 is 0 Å².